The highest BCUT2D eigenvalue weighted by Gasteiger charge is 2.36. The number of nitrogens with zero attached hydrogens (tertiary/aromatic N) is 1. The van der Waals surface area contributed by atoms with E-state index in [4.69, 9.17) is 9.47 Å². The van der Waals surface area contributed by atoms with Crippen LogP contribution in [0.5, 0.6) is 5.75 Å². The van der Waals surface area contributed by atoms with E-state index in [1.807, 2.05) is 0 Å². The van der Waals surface area contributed by atoms with Gasteiger partial charge in [-0.1, -0.05) is 12.8 Å². The Balaban J connectivity index is 1.60. The van der Waals surface area contributed by atoms with Gasteiger partial charge in [-0.25, -0.2) is 4.39 Å². The first-order chi connectivity index (χ1) is 10.6. The number of aliphatic hydroxyl groups is 1. The number of benzene rings is 1. The fraction of sp³-hybridized carbons (Fsp3) is 0.647. The van der Waals surface area contributed by atoms with Crippen LogP contribution in [0.4, 0.5) is 4.39 Å². The molecular formula is C17H24FNO3. The van der Waals surface area contributed by atoms with Crippen LogP contribution in [0.25, 0.3) is 0 Å². The van der Waals surface area contributed by atoms with Crippen molar-refractivity contribution < 1.29 is 19.0 Å². The third kappa shape index (κ3) is 3.97. The topological polar surface area (TPSA) is 41.9 Å². The predicted molar refractivity (Wildman–Crippen MR) is 81.5 cm³/mol. The van der Waals surface area contributed by atoms with Crippen molar-refractivity contribution in [1.29, 1.82) is 0 Å². The summed E-state index contributed by atoms with van der Waals surface area (Å²) in [7, 11) is 0. The number of hydrogen-bond donors (Lipinski definition) is 1. The van der Waals surface area contributed by atoms with Crippen LogP contribution in [0.1, 0.15) is 25.7 Å². The molecule has 1 saturated heterocycles. The molecule has 5 heteroatoms. The number of halogens is 1. The number of ether oxygens (including phenoxy) is 2. The fourth-order valence-electron chi connectivity index (χ4n) is 3.36. The van der Waals surface area contributed by atoms with Crippen LogP contribution in [0, 0.1) is 5.82 Å². The highest BCUT2D eigenvalue weighted by atomic mass is 19.1. The summed E-state index contributed by atoms with van der Waals surface area (Å²) in [5.74, 6) is 0.266. The second-order valence-corrected chi connectivity index (χ2v) is 6.43. The molecule has 1 aromatic carbocycles. The summed E-state index contributed by atoms with van der Waals surface area (Å²) in [6.07, 6.45) is 4.95. The molecule has 1 atom stereocenters. The van der Waals surface area contributed by atoms with Gasteiger partial charge in [-0.3, -0.25) is 4.90 Å². The molecule has 0 spiro atoms. The molecule has 2 aliphatic rings. The Labute approximate surface area is 130 Å². The summed E-state index contributed by atoms with van der Waals surface area (Å²) >= 11 is 0. The number of β-amino-alcohol motifs (C(OH)–C–C–N with tert-alkyl or cyclic N) is 1. The van der Waals surface area contributed by atoms with Gasteiger partial charge in [-0.15, -0.1) is 0 Å². The average molecular weight is 309 g/mol. The average Bonchev–Trinajstić information content (AvgIpc) is 2.98. The van der Waals surface area contributed by atoms with Crippen LogP contribution in [0.2, 0.25) is 0 Å². The molecule has 1 aromatic rings. The van der Waals surface area contributed by atoms with Crippen molar-refractivity contribution >= 4 is 0 Å². The zero-order valence-corrected chi connectivity index (χ0v) is 12.8. The zero-order chi connectivity index (χ0) is 15.4. The predicted octanol–water partition coefficient (Wildman–Crippen LogP) is 2.21. The lowest BCUT2D eigenvalue weighted by Gasteiger charge is -2.33. The van der Waals surface area contributed by atoms with Gasteiger partial charge in [0.15, 0.2) is 0 Å². The van der Waals surface area contributed by atoms with Gasteiger partial charge in [0.25, 0.3) is 0 Å². The van der Waals surface area contributed by atoms with Crippen LogP contribution < -0.4 is 4.74 Å². The second-order valence-electron chi connectivity index (χ2n) is 6.43. The lowest BCUT2D eigenvalue weighted by molar-refractivity contribution is -0.0669. The molecule has 0 unspecified atom stereocenters. The number of rotatable bonds is 4. The Morgan fingerprint density at radius 2 is 2.00 bits per heavy atom. The number of hydrogen-bond acceptors (Lipinski definition) is 4. The maximum absolute atomic E-state index is 12.9. The molecule has 3 rings (SSSR count). The highest BCUT2D eigenvalue weighted by molar-refractivity contribution is 5.22. The van der Waals surface area contributed by atoms with E-state index in [0.29, 0.717) is 24.9 Å². The monoisotopic (exact) mass is 309 g/mol. The van der Waals surface area contributed by atoms with Crippen molar-refractivity contribution in [3.8, 4) is 5.75 Å². The van der Waals surface area contributed by atoms with Crippen molar-refractivity contribution in [1.82, 2.24) is 4.90 Å². The minimum absolute atomic E-state index is 0.155. The first-order valence-electron chi connectivity index (χ1n) is 8.07. The van der Waals surface area contributed by atoms with Gasteiger partial charge in [0.1, 0.15) is 23.8 Å². The third-order valence-electron chi connectivity index (χ3n) is 4.55. The fourth-order valence-corrected chi connectivity index (χ4v) is 3.36. The van der Waals surface area contributed by atoms with E-state index in [1.54, 1.807) is 12.1 Å². The van der Waals surface area contributed by atoms with Gasteiger partial charge in [-0.2, -0.15) is 0 Å². The summed E-state index contributed by atoms with van der Waals surface area (Å²) in [5, 5.41) is 10.8. The maximum atomic E-state index is 12.9. The molecule has 1 heterocycles. The minimum Gasteiger partial charge on any atom is -0.490 e. The van der Waals surface area contributed by atoms with Crippen LogP contribution in [0.15, 0.2) is 24.3 Å². The Bertz CT molecular complexity index is 475. The summed E-state index contributed by atoms with van der Waals surface area (Å²) in [6.45, 7) is 2.51. The van der Waals surface area contributed by atoms with Gasteiger partial charge < -0.3 is 14.6 Å². The van der Waals surface area contributed by atoms with E-state index in [9.17, 15) is 9.50 Å². The van der Waals surface area contributed by atoms with Gasteiger partial charge >= 0.3 is 0 Å². The normalized spacial score (nSPS) is 27.7. The van der Waals surface area contributed by atoms with Crippen molar-refractivity contribution in [3.05, 3.63) is 30.1 Å². The molecule has 0 aromatic heterocycles. The molecule has 4 nitrogen and oxygen atoms in total. The molecule has 1 saturated carbocycles. The van der Waals surface area contributed by atoms with Crippen molar-refractivity contribution in [3.63, 3.8) is 0 Å². The Morgan fingerprint density at radius 3 is 2.73 bits per heavy atom. The Morgan fingerprint density at radius 1 is 1.27 bits per heavy atom. The minimum atomic E-state index is -1.02. The highest BCUT2D eigenvalue weighted by Crippen LogP contribution is 2.26. The Kier molecular flexibility index (Phi) is 4.96. The van der Waals surface area contributed by atoms with Crippen molar-refractivity contribution in [2.75, 3.05) is 32.9 Å². The van der Waals surface area contributed by atoms with Gasteiger partial charge in [0, 0.05) is 19.1 Å². The van der Waals surface area contributed by atoms with Gasteiger partial charge in [-0.05, 0) is 37.1 Å². The molecule has 0 bridgehead atoms. The molecule has 1 aliphatic carbocycles. The lowest BCUT2D eigenvalue weighted by atomic mass is 10.0. The quantitative estimate of drug-likeness (QED) is 0.926. The Hall–Kier alpha value is -1.17. The van der Waals surface area contributed by atoms with Gasteiger partial charge in [0.2, 0.25) is 0 Å². The third-order valence-corrected chi connectivity index (χ3v) is 4.55. The molecule has 0 radical (unpaired) electrons. The second kappa shape index (κ2) is 6.94. The standard InChI is InChI=1S/C17H24FNO3/c18-14-5-7-16(8-6-14)22-13-17(20)11-19(9-10-21-12-17)15-3-1-2-4-15/h5-8,15,20H,1-4,9-13H2/t17-/m1/s1. The molecule has 22 heavy (non-hydrogen) atoms. The molecular weight excluding hydrogens is 285 g/mol. The van der Waals surface area contributed by atoms with E-state index in [-0.39, 0.29) is 19.0 Å². The van der Waals surface area contributed by atoms with E-state index in [2.05, 4.69) is 4.90 Å². The van der Waals surface area contributed by atoms with E-state index >= 15 is 0 Å². The first-order valence-corrected chi connectivity index (χ1v) is 8.07. The van der Waals surface area contributed by atoms with Crippen LogP contribution in [0.3, 0.4) is 0 Å². The summed E-state index contributed by atoms with van der Waals surface area (Å²) in [4.78, 5) is 2.34. The van der Waals surface area contributed by atoms with Crippen molar-refractivity contribution in [2.45, 2.75) is 37.3 Å². The van der Waals surface area contributed by atoms with Crippen LogP contribution in [-0.2, 0) is 4.74 Å². The zero-order valence-electron chi connectivity index (χ0n) is 12.8. The SMILES string of the molecule is O[C@@]1(COc2ccc(F)cc2)COCCN(C2CCCC2)C1. The first kappa shape index (κ1) is 15.7. The molecule has 0 amide bonds. The largest absolute Gasteiger partial charge is 0.490 e. The maximum Gasteiger partial charge on any atom is 0.134 e. The lowest BCUT2D eigenvalue weighted by Crippen LogP contribution is -2.51. The smallest absolute Gasteiger partial charge is 0.134 e. The van der Waals surface area contributed by atoms with E-state index in [1.165, 1.54) is 37.8 Å². The van der Waals surface area contributed by atoms with Gasteiger partial charge in [0.05, 0.1) is 13.2 Å². The molecule has 2 fully saturated rings. The van der Waals surface area contributed by atoms with Crippen LogP contribution in [-0.4, -0.2) is 54.6 Å². The van der Waals surface area contributed by atoms with Crippen molar-refractivity contribution in [2.24, 2.45) is 0 Å². The van der Waals surface area contributed by atoms with E-state index in [0.717, 1.165) is 6.54 Å². The molecule has 122 valence electrons. The molecule has 1 N–H and O–H groups in total. The summed E-state index contributed by atoms with van der Waals surface area (Å²) < 4.78 is 24.1. The van der Waals surface area contributed by atoms with E-state index < -0.39 is 5.60 Å². The summed E-state index contributed by atoms with van der Waals surface area (Å²) in [5.41, 5.74) is -1.02. The van der Waals surface area contributed by atoms with Crippen LogP contribution >= 0.6 is 0 Å². The summed E-state index contributed by atoms with van der Waals surface area (Å²) in [6, 6.07) is 6.41. The molecule has 1 aliphatic heterocycles.